The number of hydrogen-bond donors (Lipinski definition) is 2. The number of amides is 2. The van der Waals surface area contributed by atoms with Gasteiger partial charge in [-0.1, -0.05) is 36.9 Å². The van der Waals surface area contributed by atoms with E-state index in [0.29, 0.717) is 23.1 Å². The van der Waals surface area contributed by atoms with Gasteiger partial charge in [0.2, 0.25) is 5.91 Å². The van der Waals surface area contributed by atoms with E-state index >= 15 is 0 Å². The maximum absolute atomic E-state index is 13.0. The van der Waals surface area contributed by atoms with E-state index in [1.165, 1.54) is 36.0 Å². The van der Waals surface area contributed by atoms with Gasteiger partial charge < -0.3 is 15.2 Å². The summed E-state index contributed by atoms with van der Waals surface area (Å²) in [7, 11) is 0. The molecule has 0 unspecified atom stereocenters. The highest BCUT2D eigenvalue weighted by Crippen LogP contribution is 2.19. The van der Waals surface area contributed by atoms with Crippen LogP contribution >= 0.6 is 11.8 Å². The second-order valence-corrected chi connectivity index (χ2v) is 7.62. The van der Waals surface area contributed by atoms with Crippen molar-refractivity contribution in [2.75, 3.05) is 11.1 Å². The van der Waals surface area contributed by atoms with Gasteiger partial charge in [0.1, 0.15) is 5.82 Å². The molecule has 0 aliphatic rings. The number of thioether (sulfide) groups is 1. The zero-order valence-electron chi connectivity index (χ0n) is 17.4. The molecule has 3 aromatic rings. The summed E-state index contributed by atoms with van der Waals surface area (Å²) in [5.41, 5.74) is 2.26. The maximum Gasteiger partial charge on any atom is 0.251 e. The molecule has 1 heterocycles. The van der Waals surface area contributed by atoms with Crippen LogP contribution in [0.1, 0.15) is 35.6 Å². The van der Waals surface area contributed by atoms with Gasteiger partial charge in [-0.3, -0.25) is 9.59 Å². The molecule has 0 aliphatic heterocycles. The minimum atomic E-state index is -0.397. The number of aryl methyl sites for hydroxylation is 1. The molecule has 0 aliphatic carbocycles. The summed E-state index contributed by atoms with van der Waals surface area (Å²) in [6.45, 7) is 4.75. The van der Waals surface area contributed by atoms with Crippen molar-refractivity contribution in [3.8, 4) is 0 Å². The molecular weight excluding hydrogens is 417 g/mol. The lowest BCUT2D eigenvalue weighted by Crippen LogP contribution is -2.24. The highest BCUT2D eigenvalue weighted by Gasteiger charge is 2.15. The van der Waals surface area contributed by atoms with E-state index in [1.807, 2.05) is 42.7 Å². The van der Waals surface area contributed by atoms with Gasteiger partial charge in [0.25, 0.3) is 5.91 Å². The minimum Gasteiger partial charge on any atom is -0.345 e. The molecule has 0 spiro atoms. The predicted molar refractivity (Wildman–Crippen MR) is 118 cm³/mol. The van der Waals surface area contributed by atoms with E-state index < -0.39 is 5.82 Å². The SMILES string of the molecule is CCc1ccccc1NC(=O)CSc1nnc(CNC(=O)c2ccc(F)cc2)n1CC. The number of carbonyl (C=O) groups is 2. The molecule has 0 atom stereocenters. The van der Waals surface area contributed by atoms with Crippen LogP contribution in [0.5, 0.6) is 0 Å². The Morgan fingerprint density at radius 1 is 1.06 bits per heavy atom. The number of nitrogens with zero attached hydrogens (tertiary/aromatic N) is 3. The molecule has 0 radical (unpaired) electrons. The highest BCUT2D eigenvalue weighted by molar-refractivity contribution is 7.99. The van der Waals surface area contributed by atoms with Crippen LogP contribution in [0.25, 0.3) is 0 Å². The number of nitrogens with one attached hydrogen (secondary N) is 2. The molecule has 9 heteroatoms. The summed E-state index contributed by atoms with van der Waals surface area (Å²) in [5, 5.41) is 14.6. The summed E-state index contributed by atoms with van der Waals surface area (Å²) in [4.78, 5) is 24.6. The third-order valence-electron chi connectivity index (χ3n) is 4.63. The lowest BCUT2D eigenvalue weighted by Gasteiger charge is -2.10. The molecule has 2 aromatic carbocycles. The van der Waals surface area contributed by atoms with Crippen molar-refractivity contribution in [3.05, 3.63) is 71.3 Å². The van der Waals surface area contributed by atoms with Gasteiger partial charge in [0.15, 0.2) is 11.0 Å². The van der Waals surface area contributed by atoms with Crippen molar-refractivity contribution >= 4 is 29.3 Å². The molecule has 162 valence electrons. The van der Waals surface area contributed by atoms with Crippen LogP contribution in [-0.4, -0.2) is 32.3 Å². The van der Waals surface area contributed by atoms with Crippen molar-refractivity contribution in [3.63, 3.8) is 0 Å². The van der Waals surface area contributed by atoms with Gasteiger partial charge in [-0.15, -0.1) is 10.2 Å². The van der Waals surface area contributed by atoms with Gasteiger partial charge in [0.05, 0.1) is 12.3 Å². The number of carbonyl (C=O) groups excluding carboxylic acids is 2. The largest absolute Gasteiger partial charge is 0.345 e. The maximum atomic E-state index is 13.0. The van der Waals surface area contributed by atoms with Gasteiger partial charge in [-0.25, -0.2) is 4.39 Å². The zero-order chi connectivity index (χ0) is 22.2. The van der Waals surface area contributed by atoms with Crippen molar-refractivity contribution < 1.29 is 14.0 Å². The van der Waals surface area contributed by atoms with Gasteiger partial charge in [-0.05, 0) is 49.2 Å². The van der Waals surface area contributed by atoms with E-state index in [9.17, 15) is 14.0 Å². The van der Waals surface area contributed by atoms with Crippen LogP contribution in [0, 0.1) is 5.82 Å². The molecule has 2 N–H and O–H groups in total. The predicted octanol–water partition coefficient (Wildman–Crippen LogP) is 3.66. The number of rotatable bonds is 9. The molecular formula is C22H24FN5O2S. The second-order valence-electron chi connectivity index (χ2n) is 6.68. The summed E-state index contributed by atoms with van der Waals surface area (Å²) in [6, 6.07) is 13.0. The van der Waals surface area contributed by atoms with E-state index in [0.717, 1.165) is 17.7 Å². The fourth-order valence-corrected chi connectivity index (χ4v) is 3.83. The van der Waals surface area contributed by atoms with Crippen molar-refractivity contribution in [2.45, 2.75) is 38.5 Å². The first-order valence-electron chi connectivity index (χ1n) is 9.98. The number of hydrogen-bond acceptors (Lipinski definition) is 5. The van der Waals surface area contributed by atoms with Gasteiger partial charge >= 0.3 is 0 Å². The molecule has 0 saturated heterocycles. The third kappa shape index (κ3) is 5.91. The number of benzene rings is 2. The Labute approximate surface area is 184 Å². The van der Waals surface area contributed by atoms with Gasteiger partial charge in [0, 0.05) is 17.8 Å². The highest BCUT2D eigenvalue weighted by atomic mass is 32.2. The van der Waals surface area contributed by atoms with E-state index in [-0.39, 0.29) is 24.1 Å². The van der Waals surface area contributed by atoms with Crippen molar-refractivity contribution in [1.82, 2.24) is 20.1 Å². The molecule has 0 fully saturated rings. The molecule has 31 heavy (non-hydrogen) atoms. The van der Waals surface area contributed by atoms with Crippen LogP contribution in [0.4, 0.5) is 10.1 Å². The fraction of sp³-hybridized carbons (Fsp3) is 0.273. The second kappa shape index (κ2) is 10.7. The lowest BCUT2D eigenvalue weighted by molar-refractivity contribution is -0.113. The standard InChI is InChI=1S/C22H24FN5O2S/c1-3-15-7-5-6-8-18(15)25-20(29)14-31-22-27-26-19(28(22)4-2)13-24-21(30)16-9-11-17(23)12-10-16/h5-12H,3-4,13-14H2,1-2H3,(H,24,30)(H,25,29). The molecule has 7 nitrogen and oxygen atoms in total. The molecule has 0 saturated carbocycles. The zero-order valence-corrected chi connectivity index (χ0v) is 18.2. The smallest absolute Gasteiger partial charge is 0.251 e. The monoisotopic (exact) mass is 441 g/mol. The van der Waals surface area contributed by atoms with Crippen LogP contribution in [0.15, 0.2) is 53.7 Å². The minimum absolute atomic E-state index is 0.122. The Morgan fingerprint density at radius 3 is 2.52 bits per heavy atom. The van der Waals surface area contributed by atoms with Crippen LogP contribution in [0.3, 0.4) is 0 Å². The average Bonchev–Trinajstić information content (AvgIpc) is 3.18. The Morgan fingerprint density at radius 2 is 1.81 bits per heavy atom. The van der Waals surface area contributed by atoms with E-state index in [2.05, 4.69) is 20.8 Å². The summed E-state index contributed by atoms with van der Waals surface area (Å²) in [6.07, 6.45) is 0.834. The molecule has 3 rings (SSSR count). The Hall–Kier alpha value is -3.20. The summed E-state index contributed by atoms with van der Waals surface area (Å²) >= 11 is 1.29. The number of aromatic nitrogens is 3. The fourth-order valence-electron chi connectivity index (χ4n) is 3.00. The number of halogens is 1. The molecule has 2 amide bonds. The lowest BCUT2D eigenvalue weighted by atomic mass is 10.1. The molecule has 0 bridgehead atoms. The Bertz CT molecular complexity index is 1050. The average molecular weight is 442 g/mol. The molecule has 1 aromatic heterocycles. The third-order valence-corrected chi connectivity index (χ3v) is 5.59. The number of para-hydroxylation sites is 1. The first-order valence-corrected chi connectivity index (χ1v) is 11.0. The summed E-state index contributed by atoms with van der Waals surface area (Å²) in [5.74, 6) is -0.0714. The van der Waals surface area contributed by atoms with Crippen LogP contribution in [-0.2, 0) is 24.3 Å². The number of anilines is 1. The Balaban J connectivity index is 1.57. The van der Waals surface area contributed by atoms with Crippen molar-refractivity contribution in [1.29, 1.82) is 0 Å². The van der Waals surface area contributed by atoms with Gasteiger partial charge in [-0.2, -0.15) is 0 Å². The van der Waals surface area contributed by atoms with Crippen LogP contribution < -0.4 is 10.6 Å². The first kappa shape index (κ1) is 22.5. The van der Waals surface area contributed by atoms with E-state index in [4.69, 9.17) is 0 Å². The first-order chi connectivity index (χ1) is 15.0. The summed E-state index contributed by atoms with van der Waals surface area (Å²) < 4.78 is 14.9. The topological polar surface area (TPSA) is 88.9 Å². The quantitative estimate of drug-likeness (QED) is 0.495. The van der Waals surface area contributed by atoms with E-state index in [1.54, 1.807) is 0 Å². The van der Waals surface area contributed by atoms with Crippen molar-refractivity contribution in [2.24, 2.45) is 0 Å². The van der Waals surface area contributed by atoms with Crippen LogP contribution in [0.2, 0.25) is 0 Å². The normalized spacial score (nSPS) is 10.7. The Kier molecular flexibility index (Phi) is 7.77.